The molecule has 0 aromatic rings. The van der Waals surface area contributed by atoms with E-state index in [9.17, 15) is 26.3 Å². The van der Waals surface area contributed by atoms with Gasteiger partial charge in [-0.3, -0.25) is 9.11 Å². The van der Waals surface area contributed by atoms with Crippen LogP contribution in [-0.2, 0) is 37.2 Å². The molecular formula is C14H27F6O6S2V-. The molecule has 0 radical (unpaired) electrons. The van der Waals surface area contributed by atoms with Gasteiger partial charge in [-0.25, -0.2) is 0 Å². The van der Waals surface area contributed by atoms with Gasteiger partial charge in [0.05, 0.1) is 0 Å². The van der Waals surface area contributed by atoms with Gasteiger partial charge in [0.25, 0.3) is 0 Å². The molecule has 0 spiro atoms. The van der Waals surface area contributed by atoms with Crippen molar-refractivity contribution in [3.8, 4) is 0 Å². The summed E-state index contributed by atoms with van der Waals surface area (Å²) < 4.78 is 115. The molecule has 6 nitrogen and oxygen atoms in total. The smallest absolute Gasteiger partial charge is 0.358 e. The number of hydrogen-bond donors (Lipinski definition) is 2. The van der Waals surface area contributed by atoms with Crippen molar-refractivity contribution in [3.63, 3.8) is 0 Å². The maximum absolute atomic E-state index is 10.7. The van der Waals surface area contributed by atoms with Crippen molar-refractivity contribution in [3.05, 3.63) is 7.43 Å². The second-order valence-electron chi connectivity index (χ2n) is 5.38. The summed E-state index contributed by atoms with van der Waals surface area (Å²) in [6.45, 7) is 0. The Morgan fingerprint density at radius 1 is 0.552 bits per heavy atom. The average molecular weight is 520 g/mol. The van der Waals surface area contributed by atoms with E-state index in [0.29, 0.717) is 0 Å². The van der Waals surface area contributed by atoms with Crippen LogP contribution in [0.25, 0.3) is 0 Å². The normalized spacial score (nSPS) is 16.1. The molecule has 179 valence electrons. The number of hydrogen-bond acceptors (Lipinski definition) is 4. The molecule has 2 fully saturated rings. The quantitative estimate of drug-likeness (QED) is 0.199. The number of rotatable bonds is 0. The van der Waals surface area contributed by atoms with Crippen LogP contribution < -0.4 is 0 Å². The van der Waals surface area contributed by atoms with E-state index in [-0.39, 0.29) is 7.43 Å². The predicted octanol–water partition coefficient (Wildman–Crippen LogP) is 5.10. The van der Waals surface area contributed by atoms with Crippen LogP contribution in [0.3, 0.4) is 0 Å². The van der Waals surface area contributed by atoms with Gasteiger partial charge in [-0.2, -0.15) is 43.2 Å². The Bertz CT molecular complexity index is 515. The van der Waals surface area contributed by atoms with E-state index in [1.165, 1.54) is 64.2 Å². The zero-order chi connectivity index (χ0) is 23.1. The zero-order valence-corrected chi connectivity index (χ0v) is 18.9. The summed E-state index contributed by atoms with van der Waals surface area (Å²) in [6, 6.07) is 0. The average Bonchev–Trinajstić information content (AvgIpc) is 3.25. The van der Waals surface area contributed by atoms with E-state index in [0.717, 1.165) is 0 Å². The second kappa shape index (κ2) is 17.5. The molecule has 0 aromatic carbocycles. The summed E-state index contributed by atoms with van der Waals surface area (Å²) in [4.78, 5) is 0. The summed E-state index contributed by atoms with van der Waals surface area (Å²) in [5.74, 6) is 0. The van der Waals surface area contributed by atoms with Crippen LogP contribution in [0, 0.1) is 7.43 Å². The predicted molar refractivity (Wildman–Crippen MR) is 94.9 cm³/mol. The number of alkyl halides is 6. The molecule has 0 saturated heterocycles. The number of halogens is 6. The van der Waals surface area contributed by atoms with Crippen molar-refractivity contribution < 1.29 is 69.3 Å². The minimum absolute atomic E-state index is 0. The zero-order valence-electron chi connectivity index (χ0n) is 15.8. The minimum atomic E-state index is -5.84. The molecular weight excluding hydrogens is 493 g/mol. The molecule has 29 heavy (non-hydrogen) atoms. The van der Waals surface area contributed by atoms with Gasteiger partial charge < -0.3 is 7.43 Å². The molecule has 0 atom stereocenters. The van der Waals surface area contributed by atoms with Gasteiger partial charge in [0.15, 0.2) is 0 Å². The van der Waals surface area contributed by atoms with Crippen molar-refractivity contribution >= 4 is 25.5 Å². The molecule has 2 saturated carbocycles. The summed E-state index contributed by atoms with van der Waals surface area (Å²) in [5.41, 5.74) is -11.1. The third-order valence-electron chi connectivity index (χ3n) is 3.08. The fourth-order valence-corrected chi connectivity index (χ4v) is 1.77. The van der Waals surface area contributed by atoms with Crippen LogP contribution in [0.2, 0.25) is 0 Å². The van der Waals surface area contributed by atoms with E-state index in [1.54, 1.807) is 0 Å². The van der Waals surface area contributed by atoms with E-state index < -0.39 is 31.3 Å². The van der Waals surface area contributed by atoms with E-state index in [1.807, 2.05) is 0 Å². The van der Waals surface area contributed by atoms with Crippen LogP contribution in [0.15, 0.2) is 0 Å². The fourth-order valence-electron chi connectivity index (χ4n) is 1.77. The molecule has 0 heterocycles. The van der Waals surface area contributed by atoms with E-state index >= 15 is 0 Å². The Labute approximate surface area is 177 Å². The molecule has 0 aliphatic heterocycles. The Balaban J connectivity index is -0.000000140. The third-order valence-corrected chi connectivity index (χ3v) is 4.25. The molecule has 0 bridgehead atoms. The molecule has 15 heteroatoms. The standard InChI is InChI=1S/2C5H10.2CHF3O3S.CH3.CH2.V/c2*1-2-4-5-3-1;2*2-1(3,4)8(5,6)7;;;/h2*1-5H2;2*(H,5,6,7);1H3;1H2;/q;;;;-1;;. The molecule has 2 rings (SSSR count). The van der Waals surface area contributed by atoms with Gasteiger partial charge in [-0.05, 0) is 0 Å². The van der Waals surface area contributed by atoms with Crippen molar-refractivity contribution in [1.29, 1.82) is 0 Å². The summed E-state index contributed by atoms with van der Waals surface area (Å²) in [6.07, 6.45) is 15.0. The third kappa shape index (κ3) is 24.0. The van der Waals surface area contributed by atoms with Gasteiger partial charge in [-0.15, -0.1) is 0 Å². The van der Waals surface area contributed by atoms with E-state index in [4.69, 9.17) is 25.9 Å². The van der Waals surface area contributed by atoms with Gasteiger partial charge in [0.1, 0.15) is 0 Å². The summed E-state index contributed by atoms with van der Waals surface area (Å²) >= 11 is 2.06. The molecule has 2 aliphatic rings. The Kier molecular flexibility index (Phi) is 21.9. The first-order chi connectivity index (χ1) is 12.5. The molecule has 0 unspecified atom stereocenters. The van der Waals surface area contributed by atoms with Gasteiger partial charge >= 0.3 is 53.5 Å². The second-order valence-corrected chi connectivity index (χ2v) is 8.20. The van der Waals surface area contributed by atoms with Gasteiger partial charge in [0.2, 0.25) is 0 Å². The monoisotopic (exact) mass is 520 g/mol. The minimum Gasteiger partial charge on any atom is -0.358 e. The Hall–Kier alpha value is -0.146. The largest absolute Gasteiger partial charge is 0.358 e. The van der Waals surface area contributed by atoms with Crippen molar-refractivity contribution in [2.75, 3.05) is 0 Å². The summed E-state index contributed by atoms with van der Waals surface area (Å²) in [5, 5.41) is 3.19. The van der Waals surface area contributed by atoms with E-state index in [2.05, 4.69) is 22.2 Å². The van der Waals surface area contributed by atoms with Gasteiger partial charge in [-0.1, -0.05) is 64.2 Å². The molecule has 2 aliphatic carbocycles. The summed E-state index contributed by atoms with van der Waals surface area (Å²) in [7, 11) is -11.7. The SMILES string of the molecule is C1CCCC1.C1CCCC1.O=S(=O)(O)C(F)(F)F.O=S(=O)(O)C(F)(F)F.[CH2]=[V].[CH3-]. The fraction of sp³-hybridized carbons (Fsp3) is 0.857. The first kappa shape index (κ1) is 36.2. The van der Waals surface area contributed by atoms with Crippen LogP contribution in [-0.4, -0.2) is 42.2 Å². The van der Waals surface area contributed by atoms with Crippen LogP contribution in [0.5, 0.6) is 0 Å². The maximum Gasteiger partial charge on any atom is -0.358 e. The molecule has 2 N–H and O–H groups in total. The van der Waals surface area contributed by atoms with Crippen molar-refractivity contribution in [1.82, 2.24) is 0 Å². The first-order valence-electron chi connectivity index (χ1n) is 7.89. The maximum atomic E-state index is 10.7. The molecule has 0 amide bonds. The first-order valence-corrected chi connectivity index (χ1v) is 11.8. The van der Waals surface area contributed by atoms with Crippen LogP contribution in [0.4, 0.5) is 26.3 Å². The Morgan fingerprint density at radius 2 is 0.621 bits per heavy atom. The molecule has 0 aromatic heterocycles. The van der Waals surface area contributed by atoms with Crippen molar-refractivity contribution in [2.45, 2.75) is 75.2 Å². The Morgan fingerprint density at radius 3 is 0.655 bits per heavy atom. The van der Waals surface area contributed by atoms with Crippen LogP contribution in [0.1, 0.15) is 64.2 Å². The van der Waals surface area contributed by atoms with Gasteiger partial charge in [0, 0.05) is 0 Å². The van der Waals surface area contributed by atoms with Crippen LogP contribution >= 0.6 is 0 Å². The topological polar surface area (TPSA) is 109 Å². The van der Waals surface area contributed by atoms with Crippen molar-refractivity contribution in [2.24, 2.45) is 0 Å².